The van der Waals surface area contributed by atoms with E-state index >= 15 is 0 Å². The lowest BCUT2D eigenvalue weighted by molar-refractivity contribution is -0.384. The second-order valence-electron chi connectivity index (χ2n) is 4.07. The van der Waals surface area contributed by atoms with Crippen molar-refractivity contribution in [3.05, 3.63) is 51.7 Å². The van der Waals surface area contributed by atoms with E-state index in [-0.39, 0.29) is 15.6 Å². The van der Waals surface area contributed by atoms with Gasteiger partial charge < -0.3 is 4.74 Å². The number of nitrogens with zero attached hydrogens (tertiary/aromatic N) is 2. The minimum Gasteiger partial charge on any atom is -0.481 e. The molecule has 0 saturated heterocycles. The van der Waals surface area contributed by atoms with Crippen molar-refractivity contribution in [2.45, 2.75) is 4.90 Å². The molecule has 0 aliphatic rings. The number of anilines is 1. The molecule has 0 bridgehead atoms. The second-order valence-corrected chi connectivity index (χ2v) is 6.15. The maximum Gasteiger partial charge on any atom is 0.289 e. The Morgan fingerprint density at radius 1 is 1.32 bits per heavy atom. The largest absolute Gasteiger partial charge is 0.481 e. The van der Waals surface area contributed by atoms with Gasteiger partial charge in [-0.15, -0.1) is 0 Å². The number of nitro benzene ring substituents is 1. The van der Waals surface area contributed by atoms with Crippen LogP contribution in [0.5, 0.6) is 5.88 Å². The minimum absolute atomic E-state index is 0.143. The Labute approximate surface area is 130 Å². The molecule has 2 rings (SSSR count). The summed E-state index contributed by atoms with van der Waals surface area (Å²) in [5.74, 6) is 0.324. The summed E-state index contributed by atoms with van der Waals surface area (Å²) >= 11 is 5.65. The van der Waals surface area contributed by atoms with Crippen molar-refractivity contribution in [2.75, 3.05) is 11.8 Å². The van der Waals surface area contributed by atoms with Crippen LogP contribution in [-0.2, 0) is 10.0 Å². The summed E-state index contributed by atoms with van der Waals surface area (Å²) in [5.41, 5.74) is -0.296. The van der Waals surface area contributed by atoms with Gasteiger partial charge in [0.05, 0.1) is 28.8 Å². The molecule has 10 heteroatoms. The molecule has 0 unspecified atom stereocenters. The minimum atomic E-state index is -4.00. The molecule has 0 radical (unpaired) electrons. The van der Waals surface area contributed by atoms with E-state index in [1.165, 1.54) is 31.5 Å². The van der Waals surface area contributed by atoms with Gasteiger partial charge in [-0.3, -0.25) is 14.8 Å². The molecule has 0 spiro atoms. The number of halogens is 1. The Morgan fingerprint density at radius 2 is 2.05 bits per heavy atom. The number of rotatable bonds is 5. The van der Waals surface area contributed by atoms with Crippen molar-refractivity contribution in [3.8, 4) is 5.88 Å². The van der Waals surface area contributed by atoms with Crippen molar-refractivity contribution < 1.29 is 18.1 Å². The van der Waals surface area contributed by atoms with Gasteiger partial charge >= 0.3 is 0 Å². The highest BCUT2D eigenvalue weighted by atomic mass is 35.5. The Balaban J connectivity index is 2.33. The molecule has 2 aromatic rings. The fraction of sp³-hybridized carbons (Fsp3) is 0.0833. The van der Waals surface area contributed by atoms with Crippen LogP contribution in [0.25, 0.3) is 0 Å². The van der Waals surface area contributed by atoms with E-state index in [2.05, 4.69) is 9.71 Å². The molecule has 1 N–H and O–H groups in total. The predicted octanol–water partition coefficient (Wildman–Crippen LogP) is 2.45. The van der Waals surface area contributed by atoms with Gasteiger partial charge in [-0.1, -0.05) is 11.6 Å². The van der Waals surface area contributed by atoms with Crippen LogP contribution >= 0.6 is 11.6 Å². The van der Waals surface area contributed by atoms with Crippen molar-refractivity contribution in [1.29, 1.82) is 0 Å². The zero-order valence-corrected chi connectivity index (χ0v) is 12.8. The number of hydrogen-bond donors (Lipinski definition) is 1. The molecule has 0 saturated carbocycles. The number of sulfonamides is 1. The maximum atomic E-state index is 12.2. The quantitative estimate of drug-likeness (QED) is 0.659. The normalized spacial score (nSPS) is 11.0. The summed E-state index contributed by atoms with van der Waals surface area (Å²) < 4.78 is 31.5. The van der Waals surface area contributed by atoms with E-state index in [0.717, 1.165) is 12.1 Å². The van der Waals surface area contributed by atoms with Gasteiger partial charge in [0.2, 0.25) is 5.88 Å². The lowest BCUT2D eigenvalue weighted by atomic mass is 10.3. The highest BCUT2D eigenvalue weighted by Crippen LogP contribution is 2.28. The van der Waals surface area contributed by atoms with Crippen LogP contribution in [0.3, 0.4) is 0 Å². The molecular formula is C12H10ClN3O5S. The maximum absolute atomic E-state index is 12.2. The fourth-order valence-corrected chi connectivity index (χ4v) is 2.82. The second kappa shape index (κ2) is 6.16. The molecule has 0 amide bonds. The third-order valence-electron chi connectivity index (χ3n) is 2.62. The van der Waals surface area contributed by atoms with Gasteiger partial charge in [-0.2, -0.15) is 0 Å². The third kappa shape index (κ3) is 3.43. The third-order valence-corrected chi connectivity index (χ3v) is 4.32. The van der Waals surface area contributed by atoms with Crippen LogP contribution in [0.1, 0.15) is 0 Å². The number of hydrogen-bond acceptors (Lipinski definition) is 6. The zero-order valence-electron chi connectivity index (χ0n) is 11.2. The summed E-state index contributed by atoms with van der Waals surface area (Å²) in [7, 11) is -2.57. The van der Waals surface area contributed by atoms with Gasteiger partial charge in [0.25, 0.3) is 15.7 Å². The monoisotopic (exact) mass is 343 g/mol. The van der Waals surface area contributed by atoms with E-state index < -0.39 is 20.6 Å². The van der Waals surface area contributed by atoms with Crippen LogP contribution in [0.15, 0.2) is 41.4 Å². The number of nitro groups is 1. The summed E-state index contributed by atoms with van der Waals surface area (Å²) in [5, 5.41) is 10.7. The molecule has 0 aliphatic carbocycles. The van der Waals surface area contributed by atoms with Crippen LogP contribution in [0.2, 0.25) is 5.02 Å². The Bertz CT molecular complexity index is 808. The van der Waals surface area contributed by atoms with Crippen LogP contribution in [0, 0.1) is 10.1 Å². The standard InChI is InChI=1S/C12H10ClN3O5S/c1-21-12-5-2-8(7-14-12)15-22(19,20)9-3-4-10(13)11(6-9)16(17)18/h2-7,15H,1H3. The first-order valence-corrected chi connectivity index (χ1v) is 7.66. The number of pyridine rings is 1. The summed E-state index contributed by atoms with van der Waals surface area (Å²) in [6, 6.07) is 6.15. The van der Waals surface area contributed by atoms with E-state index in [9.17, 15) is 18.5 Å². The van der Waals surface area contributed by atoms with Crippen LogP contribution < -0.4 is 9.46 Å². The lowest BCUT2D eigenvalue weighted by Crippen LogP contribution is -2.13. The average molecular weight is 344 g/mol. The number of aromatic nitrogens is 1. The van der Waals surface area contributed by atoms with Crippen LogP contribution in [0.4, 0.5) is 11.4 Å². The molecule has 0 fully saturated rings. The first kappa shape index (κ1) is 16.0. The highest BCUT2D eigenvalue weighted by Gasteiger charge is 2.20. The molecule has 1 aromatic heterocycles. The lowest BCUT2D eigenvalue weighted by Gasteiger charge is -2.08. The van der Waals surface area contributed by atoms with Crippen molar-refractivity contribution in [1.82, 2.24) is 4.98 Å². The highest BCUT2D eigenvalue weighted by molar-refractivity contribution is 7.92. The average Bonchev–Trinajstić information content (AvgIpc) is 2.47. The van der Waals surface area contributed by atoms with Gasteiger partial charge in [0.1, 0.15) is 5.02 Å². The number of nitrogens with one attached hydrogen (secondary N) is 1. The zero-order chi connectivity index (χ0) is 16.3. The number of benzene rings is 1. The van der Waals surface area contributed by atoms with Gasteiger partial charge in [-0.05, 0) is 18.2 Å². The first-order valence-electron chi connectivity index (χ1n) is 5.80. The number of methoxy groups -OCH3 is 1. The molecule has 0 atom stereocenters. The van der Waals surface area contributed by atoms with E-state index in [4.69, 9.17) is 16.3 Å². The van der Waals surface area contributed by atoms with Gasteiger partial charge in [-0.25, -0.2) is 13.4 Å². The Hall–Kier alpha value is -2.39. The SMILES string of the molecule is COc1ccc(NS(=O)(=O)c2ccc(Cl)c([N+](=O)[O-])c2)cn1. The summed E-state index contributed by atoms with van der Waals surface area (Å²) in [6.45, 7) is 0. The van der Waals surface area contributed by atoms with Crippen molar-refractivity contribution in [2.24, 2.45) is 0 Å². The molecular weight excluding hydrogens is 334 g/mol. The van der Waals surface area contributed by atoms with E-state index in [1.807, 2.05) is 0 Å². The molecule has 1 aromatic carbocycles. The molecule has 116 valence electrons. The molecule has 1 heterocycles. The van der Waals surface area contributed by atoms with Gasteiger partial charge in [0.15, 0.2) is 0 Å². The molecule has 0 aliphatic heterocycles. The van der Waals surface area contributed by atoms with Crippen LogP contribution in [-0.4, -0.2) is 25.4 Å². The van der Waals surface area contributed by atoms with E-state index in [0.29, 0.717) is 5.88 Å². The fourth-order valence-electron chi connectivity index (χ4n) is 1.58. The molecule has 8 nitrogen and oxygen atoms in total. The summed E-state index contributed by atoms with van der Waals surface area (Å²) in [4.78, 5) is 13.6. The topological polar surface area (TPSA) is 111 Å². The first-order chi connectivity index (χ1) is 10.3. The predicted molar refractivity (Wildman–Crippen MR) is 79.7 cm³/mol. The van der Waals surface area contributed by atoms with Crippen molar-refractivity contribution in [3.63, 3.8) is 0 Å². The Morgan fingerprint density at radius 3 is 2.59 bits per heavy atom. The van der Waals surface area contributed by atoms with Gasteiger partial charge in [0, 0.05) is 12.1 Å². The smallest absolute Gasteiger partial charge is 0.289 e. The van der Waals surface area contributed by atoms with E-state index in [1.54, 1.807) is 0 Å². The molecule has 22 heavy (non-hydrogen) atoms. The summed E-state index contributed by atoms with van der Waals surface area (Å²) in [6.07, 6.45) is 1.26. The number of ether oxygens (including phenoxy) is 1. The Kier molecular flexibility index (Phi) is 4.48. The van der Waals surface area contributed by atoms with Crippen molar-refractivity contribution >= 4 is 33.0 Å².